The second-order valence-electron chi connectivity index (χ2n) is 5.18. The molecule has 0 atom stereocenters. The molecule has 2 aromatic heterocycles. The maximum absolute atomic E-state index is 12.4. The minimum absolute atomic E-state index is 0.122. The van der Waals surface area contributed by atoms with Crippen LogP contribution in [0.2, 0.25) is 0 Å². The van der Waals surface area contributed by atoms with Crippen LogP contribution < -0.4 is 10.1 Å². The molecule has 24 heavy (non-hydrogen) atoms. The Morgan fingerprint density at radius 3 is 2.67 bits per heavy atom. The van der Waals surface area contributed by atoms with Gasteiger partial charge in [-0.3, -0.25) is 9.78 Å². The highest BCUT2D eigenvalue weighted by Crippen LogP contribution is 2.26. The molecule has 6 heteroatoms. The van der Waals surface area contributed by atoms with Crippen molar-refractivity contribution >= 4 is 17.2 Å². The summed E-state index contributed by atoms with van der Waals surface area (Å²) in [5.41, 5.74) is 2.50. The van der Waals surface area contributed by atoms with Crippen molar-refractivity contribution in [1.82, 2.24) is 15.3 Å². The number of carbonyl (C=O) groups is 1. The number of aromatic nitrogens is 2. The number of nitrogens with zero attached hydrogens (tertiary/aromatic N) is 2. The maximum Gasteiger partial charge on any atom is 0.263 e. The van der Waals surface area contributed by atoms with E-state index in [0.29, 0.717) is 17.1 Å². The van der Waals surface area contributed by atoms with Gasteiger partial charge in [-0.2, -0.15) is 0 Å². The Balaban J connectivity index is 1.69. The summed E-state index contributed by atoms with van der Waals surface area (Å²) >= 11 is 1.36. The van der Waals surface area contributed by atoms with E-state index in [9.17, 15) is 4.79 Å². The van der Waals surface area contributed by atoms with Gasteiger partial charge in [0.15, 0.2) is 0 Å². The number of carbonyl (C=O) groups excluding carboxylic acids is 1. The van der Waals surface area contributed by atoms with Crippen LogP contribution in [0.25, 0.3) is 10.7 Å². The van der Waals surface area contributed by atoms with Crippen molar-refractivity contribution in [2.75, 3.05) is 7.11 Å². The molecule has 0 radical (unpaired) electrons. The molecule has 0 fully saturated rings. The lowest BCUT2D eigenvalue weighted by Crippen LogP contribution is -2.22. The van der Waals surface area contributed by atoms with E-state index >= 15 is 0 Å². The van der Waals surface area contributed by atoms with E-state index < -0.39 is 0 Å². The Morgan fingerprint density at radius 2 is 2.00 bits per heavy atom. The highest BCUT2D eigenvalue weighted by Gasteiger charge is 2.16. The van der Waals surface area contributed by atoms with Gasteiger partial charge in [0.2, 0.25) is 0 Å². The maximum atomic E-state index is 12.4. The Bertz CT molecular complexity index is 829. The van der Waals surface area contributed by atoms with Crippen LogP contribution in [-0.4, -0.2) is 23.0 Å². The third-order valence-corrected chi connectivity index (χ3v) is 4.68. The third-order valence-electron chi connectivity index (χ3n) is 3.50. The summed E-state index contributed by atoms with van der Waals surface area (Å²) in [5, 5.41) is 3.68. The molecule has 3 aromatic rings. The molecule has 0 saturated heterocycles. The molecule has 0 spiro atoms. The highest BCUT2D eigenvalue weighted by atomic mass is 32.1. The fraction of sp³-hybridized carbons (Fsp3) is 0.167. The number of methoxy groups -OCH3 is 1. The molecule has 0 unspecified atom stereocenters. The first-order valence-corrected chi connectivity index (χ1v) is 8.29. The number of benzene rings is 1. The third kappa shape index (κ3) is 3.60. The number of hydrogen-bond donors (Lipinski definition) is 1. The van der Waals surface area contributed by atoms with Gasteiger partial charge < -0.3 is 10.1 Å². The minimum atomic E-state index is -0.122. The predicted molar refractivity (Wildman–Crippen MR) is 94.2 cm³/mol. The number of nitrogens with one attached hydrogen (secondary N) is 1. The zero-order chi connectivity index (χ0) is 16.9. The van der Waals surface area contributed by atoms with Crippen LogP contribution in [0.15, 0.2) is 48.7 Å². The zero-order valence-corrected chi connectivity index (χ0v) is 14.3. The second kappa shape index (κ2) is 7.23. The molecule has 0 saturated carbocycles. The van der Waals surface area contributed by atoms with E-state index in [1.165, 1.54) is 11.3 Å². The first kappa shape index (κ1) is 16.1. The standard InChI is InChI=1S/C18H17N3O2S/c1-12-16(24-18(21-12)15-5-3-4-10-19-15)17(22)20-11-13-6-8-14(23-2)9-7-13/h3-10H,11H2,1-2H3,(H,20,22). The summed E-state index contributed by atoms with van der Waals surface area (Å²) in [6, 6.07) is 13.2. The summed E-state index contributed by atoms with van der Waals surface area (Å²) in [7, 11) is 1.63. The lowest BCUT2D eigenvalue weighted by Gasteiger charge is -2.05. The van der Waals surface area contributed by atoms with Gasteiger partial charge in [-0.15, -0.1) is 11.3 Å². The van der Waals surface area contributed by atoms with E-state index in [4.69, 9.17) is 4.74 Å². The second-order valence-corrected chi connectivity index (χ2v) is 6.18. The Hall–Kier alpha value is -2.73. The molecular weight excluding hydrogens is 322 g/mol. The molecular formula is C18H17N3O2S. The summed E-state index contributed by atoms with van der Waals surface area (Å²) in [5.74, 6) is 0.673. The van der Waals surface area contributed by atoms with Crippen molar-refractivity contribution in [3.8, 4) is 16.5 Å². The summed E-state index contributed by atoms with van der Waals surface area (Å²) in [4.78, 5) is 21.8. The number of ether oxygens (including phenoxy) is 1. The lowest BCUT2D eigenvalue weighted by molar-refractivity contribution is 0.0954. The van der Waals surface area contributed by atoms with Crippen molar-refractivity contribution in [2.45, 2.75) is 13.5 Å². The minimum Gasteiger partial charge on any atom is -0.497 e. The van der Waals surface area contributed by atoms with Crippen molar-refractivity contribution in [3.63, 3.8) is 0 Å². The average molecular weight is 339 g/mol. The number of amides is 1. The quantitative estimate of drug-likeness (QED) is 0.773. The van der Waals surface area contributed by atoms with Crippen molar-refractivity contribution in [3.05, 3.63) is 64.8 Å². The number of aryl methyl sites for hydroxylation is 1. The molecule has 5 nitrogen and oxygen atoms in total. The van der Waals surface area contributed by atoms with E-state index in [2.05, 4.69) is 15.3 Å². The fourth-order valence-corrected chi connectivity index (χ4v) is 3.17. The number of rotatable bonds is 5. The molecule has 122 valence electrons. The van der Waals surface area contributed by atoms with Crippen molar-refractivity contribution in [2.24, 2.45) is 0 Å². The SMILES string of the molecule is COc1ccc(CNC(=O)c2sc(-c3ccccn3)nc2C)cc1. The van der Waals surface area contributed by atoms with Gasteiger partial charge >= 0.3 is 0 Å². The van der Waals surface area contributed by atoms with Gasteiger partial charge in [0, 0.05) is 12.7 Å². The summed E-state index contributed by atoms with van der Waals surface area (Å²) in [6.07, 6.45) is 1.72. The lowest BCUT2D eigenvalue weighted by atomic mass is 10.2. The van der Waals surface area contributed by atoms with Gasteiger partial charge in [-0.25, -0.2) is 4.98 Å². The Labute approximate surface area is 144 Å². The topological polar surface area (TPSA) is 64.1 Å². The normalized spacial score (nSPS) is 10.4. The molecule has 0 aliphatic rings. The van der Waals surface area contributed by atoms with Gasteiger partial charge in [0.25, 0.3) is 5.91 Å². The smallest absolute Gasteiger partial charge is 0.263 e. The molecule has 2 heterocycles. The Kier molecular flexibility index (Phi) is 4.86. The summed E-state index contributed by atoms with van der Waals surface area (Å²) < 4.78 is 5.12. The molecule has 1 amide bonds. The average Bonchev–Trinajstić information content (AvgIpc) is 3.03. The number of pyridine rings is 1. The van der Waals surface area contributed by atoms with Crippen LogP contribution >= 0.6 is 11.3 Å². The van der Waals surface area contributed by atoms with Crippen molar-refractivity contribution < 1.29 is 9.53 Å². The molecule has 0 bridgehead atoms. The molecule has 1 N–H and O–H groups in total. The van der Waals surface area contributed by atoms with E-state index in [-0.39, 0.29) is 5.91 Å². The Morgan fingerprint density at radius 1 is 1.21 bits per heavy atom. The summed E-state index contributed by atoms with van der Waals surface area (Å²) in [6.45, 7) is 2.30. The molecule has 3 rings (SSSR count). The van der Waals surface area contributed by atoms with Gasteiger partial charge in [-0.05, 0) is 36.8 Å². The monoisotopic (exact) mass is 339 g/mol. The first-order chi connectivity index (χ1) is 11.7. The molecule has 0 aliphatic heterocycles. The van der Waals surface area contributed by atoms with E-state index in [1.807, 2.05) is 49.4 Å². The van der Waals surface area contributed by atoms with Crippen LogP contribution in [0, 0.1) is 6.92 Å². The van der Waals surface area contributed by atoms with Crippen LogP contribution in [0.4, 0.5) is 0 Å². The van der Waals surface area contributed by atoms with Gasteiger partial charge in [0.05, 0.1) is 18.5 Å². The van der Waals surface area contributed by atoms with Gasteiger partial charge in [-0.1, -0.05) is 18.2 Å². The van der Waals surface area contributed by atoms with Gasteiger partial charge in [0.1, 0.15) is 15.6 Å². The van der Waals surface area contributed by atoms with Crippen molar-refractivity contribution in [1.29, 1.82) is 0 Å². The van der Waals surface area contributed by atoms with Crippen LogP contribution in [0.5, 0.6) is 5.75 Å². The number of hydrogen-bond acceptors (Lipinski definition) is 5. The van der Waals surface area contributed by atoms with Crippen LogP contribution in [0.1, 0.15) is 20.9 Å². The van der Waals surface area contributed by atoms with Crippen LogP contribution in [0.3, 0.4) is 0 Å². The van der Waals surface area contributed by atoms with Crippen LogP contribution in [-0.2, 0) is 6.54 Å². The van der Waals surface area contributed by atoms with E-state index in [0.717, 1.165) is 22.0 Å². The molecule has 1 aromatic carbocycles. The predicted octanol–water partition coefficient (Wildman–Crippen LogP) is 3.45. The molecule has 0 aliphatic carbocycles. The largest absolute Gasteiger partial charge is 0.497 e. The number of thiazole rings is 1. The first-order valence-electron chi connectivity index (χ1n) is 7.47. The van der Waals surface area contributed by atoms with E-state index in [1.54, 1.807) is 13.3 Å². The fourth-order valence-electron chi connectivity index (χ4n) is 2.21. The highest BCUT2D eigenvalue weighted by molar-refractivity contribution is 7.17. The zero-order valence-electron chi connectivity index (χ0n) is 13.4.